The quantitative estimate of drug-likeness (QED) is 0.885. The van der Waals surface area contributed by atoms with Gasteiger partial charge >= 0.3 is 12.1 Å². The van der Waals surface area contributed by atoms with Gasteiger partial charge in [-0.05, 0) is 18.2 Å². The van der Waals surface area contributed by atoms with Crippen LogP contribution in [-0.4, -0.2) is 21.3 Å². The van der Waals surface area contributed by atoms with Crippen LogP contribution < -0.4 is 5.56 Å². The van der Waals surface area contributed by atoms with Crippen LogP contribution >= 0.6 is 0 Å². The number of rotatable bonds is 2. The molecule has 104 valence electrons. The molecule has 20 heavy (non-hydrogen) atoms. The van der Waals surface area contributed by atoms with Crippen molar-refractivity contribution >= 4 is 5.97 Å². The van der Waals surface area contributed by atoms with Crippen molar-refractivity contribution < 1.29 is 23.1 Å². The number of carbonyl (C=O) groups is 1. The van der Waals surface area contributed by atoms with E-state index in [1.165, 1.54) is 12.1 Å². The summed E-state index contributed by atoms with van der Waals surface area (Å²) in [7, 11) is 0. The van der Waals surface area contributed by atoms with Gasteiger partial charge in [0.2, 0.25) is 0 Å². The molecular weight excluding hydrogens is 277 g/mol. The third-order valence-electron chi connectivity index (χ3n) is 2.52. The molecule has 8 heteroatoms. The molecule has 0 fully saturated rings. The van der Waals surface area contributed by atoms with E-state index in [0.29, 0.717) is 0 Å². The van der Waals surface area contributed by atoms with Gasteiger partial charge < -0.3 is 5.11 Å². The van der Waals surface area contributed by atoms with E-state index in [1.807, 2.05) is 5.10 Å². The highest BCUT2D eigenvalue weighted by atomic mass is 19.4. The van der Waals surface area contributed by atoms with Gasteiger partial charge in [0, 0.05) is 5.56 Å². The second-order valence-corrected chi connectivity index (χ2v) is 3.88. The molecule has 1 aromatic carbocycles. The van der Waals surface area contributed by atoms with Crippen LogP contribution in [0.4, 0.5) is 13.2 Å². The lowest BCUT2D eigenvalue weighted by Crippen LogP contribution is -2.18. The zero-order valence-electron chi connectivity index (χ0n) is 9.73. The SMILES string of the molecule is O=C(O)c1cc(-c2cccc(C(F)(F)F)c2)n[nH]c1=O. The Bertz CT molecular complexity index is 722. The molecule has 2 N–H and O–H groups in total. The van der Waals surface area contributed by atoms with Crippen LogP contribution in [0.1, 0.15) is 15.9 Å². The van der Waals surface area contributed by atoms with E-state index in [2.05, 4.69) is 5.10 Å². The zero-order chi connectivity index (χ0) is 14.9. The van der Waals surface area contributed by atoms with Crippen molar-refractivity contribution in [3.05, 3.63) is 51.8 Å². The molecule has 0 bridgehead atoms. The molecule has 2 aromatic rings. The Hall–Kier alpha value is -2.64. The standard InChI is InChI=1S/C12H7F3N2O3/c13-12(14,15)7-3-1-2-6(4-7)9-5-8(11(19)20)10(18)17-16-9/h1-5H,(H,17,18)(H,19,20). The smallest absolute Gasteiger partial charge is 0.416 e. The minimum atomic E-state index is -4.52. The Kier molecular flexibility index (Phi) is 3.31. The van der Waals surface area contributed by atoms with Crippen molar-refractivity contribution in [3.63, 3.8) is 0 Å². The van der Waals surface area contributed by atoms with E-state index in [9.17, 15) is 22.8 Å². The fourth-order valence-electron chi connectivity index (χ4n) is 1.57. The number of nitrogens with one attached hydrogen (secondary N) is 1. The normalized spacial score (nSPS) is 11.3. The van der Waals surface area contributed by atoms with Crippen LogP contribution in [0, 0.1) is 0 Å². The fourth-order valence-corrected chi connectivity index (χ4v) is 1.57. The number of carboxylic acids is 1. The Balaban J connectivity index is 2.55. The molecule has 0 atom stereocenters. The number of aromatic carboxylic acids is 1. The van der Waals surface area contributed by atoms with Crippen LogP contribution in [0.5, 0.6) is 0 Å². The van der Waals surface area contributed by atoms with E-state index in [0.717, 1.165) is 18.2 Å². The van der Waals surface area contributed by atoms with Crippen LogP contribution in [0.3, 0.4) is 0 Å². The van der Waals surface area contributed by atoms with Crippen LogP contribution in [-0.2, 0) is 6.18 Å². The average Bonchev–Trinajstić information content (AvgIpc) is 2.38. The van der Waals surface area contributed by atoms with Crippen LogP contribution in [0.15, 0.2) is 35.1 Å². The first-order valence-corrected chi connectivity index (χ1v) is 5.29. The summed E-state index contributed by atoms with van der Waals surface area (Å²) in [6.45, 7) is 0. The maximum Gasteiger partial charge on any atom is 0.416 e. The van der Waals surface area contributed by atoms with Gasteiger partial charge in [-0.3, -0.25) is 4.79 Å². The van der Waals surface area contributed by atoms with E-state index in [-0.39, 0.29) is 11.3 Å². The largest absolute Gasteiger partial charge is 0.477 e. The Morgan fingerprint density at radius 1 is 1.25 bits per heavy atom. The highest BCUT2D eigenvalue weighted by molar-refractivity contribution is 5.88. The predicted octanol–water partition coefficient (Wildman–Crippen LogP) is 2.15. The van der Waals surface area contributed by atoms with Gasteiger partial charge in [0.25, 0.3) is 5.56 Å². The molecule has 0 aliphatic carbocycles. The van der Waals surface area contributed by atoms with Crippen molar-refractivity contribution in [2.45, 2.75) is 6.18 Å². The number of benzene rings is 1. The average molecular weight is 284 g/mol. The lowest BCUT2D eigenvalue weighted by atomic mass is 10.1. The summed E-state index contributed by atoms with van der Waals surface area (Å²) in [6, 6.07) is 5.14. The molecule has 0 amide bonds. The number of alkyl halides is 3. The van der Waals surface area contributed by atoms with Crippen molar-refractivity contribution in [3.8, 4) is 11.3 Å². The van der Waals surface area contributed by atoms with Crippen LogP contribution in [0.25, 0.3) is 11.3 Å². The first kappa shape index (κ1) is 13.8. The fraction of sp³-hybridized carbons (Fsp3) is 0.0833. The van der Waals surface area contributed by atoms with E-state index >= 15 is 0 Å². The number of halogens is 3. The van der Waals surface area contributed by atoms with Crippen molar-refractivity contribution in [1.82, 2.24) is 10.2 Å². The number of aromatic amines is 1. The van der Waals surface area contributed by atoms with Gasteiger partial charge in [-0.15, -0.1) is 0 Å². The first-order valence-electron chi connectivity index (χ1n) is 5.29. The monoisotopic (exact) mass is 284 g/mol. The van der Waals surface area contributed by atoms with Gasteiger partial charge in [0.15, 0.2) is 0 Å². The number of carboxylic acid groups (broad SMARTS) is 1. The van der Waals surface area contributed by atoms with Gasteiger partial charge in [-0.25, -0.2) is 9.89 Å². The molecule has 0 aliphatic heterocycles. The first-order chi connectivity index (χ1) is 9.29. The van der Waals surface area contributed by atoms with Crippen molar-refractivity contribution in [1.29, 1.82) is 0 Å². The Labute approximate surface area is 109 Å². The molecular formula is C12H7F3N2O3. The molecule has 0 aliphatic rings. The van der Waals surface area contributed by atoms with Crippen molar-refractivity contribution in [2.24, 2.45) is 0 Å². The molecule has 0 spiro atoms. The molecule has 1 aromatic heterocycles. The third kappa shape index (κ3) is 2.68. The maximum atomic E-state index is 12.6. The predicted molar refractivity (Wildman–Crippen MR) is 62.3 cm³/mol. The lowest BCUT2D eigenvalue weighted by molar-refractivity contribution is -0.137. The molecule has 0 unspecified atom stereocenters. The van der Waals surface area contributed by atoms with Gasteiger partial charge in [0.1, 0.15) is 5.56 Å². The maximum absolute atomic E-state index is 12.6. The zero-order valence-corrected chi connectivity index (χ0v) is 9.73. The highest BCUT2D eigenvalue weighted by Gasteiger charge is 2.30. The summed E-state index contributed by atoms with van der Waals surface area (Å²) in [5, 5.41) is 14.3. The lowest BCUT2D eigenvalue weighted by Gasteiger charge is -2.08. The van der Waals surface area contributed by atoms with Gasteiger partial charge in [0.05, 0.1) is 11.3 Å². The van der Waals surface area contributed by atoms with E-state index in [4.69, 9.17) is 5.11 Å². The third-order valence-corrected chi connectivity index (χ3v) is 2.52. The van der Waals surface area contributed by atoms with Crippen molar-refractivity contribution in [2.75, 3.05) is 0 Å². The van der Waals surface area contributed by atoms with Gasteiger partial charge in [-0.2, -0.15) is 18.3 Å². The summed E-state index contributed by atoms with van der Waals surface area (Å²) < 4.78 is 37.7. The van der Waals surface area contributed by atoms with E-state index in [1.54, 1.807) is 0 Å². The highest BCUT2D eigenvalue weighted by Crippen LogP contribution is 2.31. The second kappa shape index (κ2) is 4.80. The summed E-state index contributed by atoms with van der Waals surface area (Å²) in [6.07, 6.45) is -4.52. The molecule has 1 heterocycles. The topological polar surface area (TPSA) is 83.0 Å². The summed E-state index contributed by atoms with van der Waals surface area (Å²) in [4.78, 5) is 22.0. The summed E-state index contributed by atoms with van der Waals surface area (Å²) in [5.74, 6) is -1.48. The number of nitrogens with zero attached hydrogens (tertiary/aromatic N) is 1. The number of hydrogen-bond acceptors (Lipinski definition) is 3. The van der Waals surface area contributed by atoms with E-state index < -0.39 is 28.8 Å². The molecule has 2 rings (SSSR count). The number of H-pyrrole nitrogens is 1. The Morgan fingerprint density at radius 3 is 2.55 bits per heavy atom. The molecule has 5 nitrogen and oxygen atoms in total. The van der Waals surface area contributed by atoms with Gasteiger partial charge in [-0.1, -0.05) is 12.1 Å². The minimum Gasteiger partial charge on any atom is -0.477 e. The number of aromatic nitrogens is 2. The molecule has 0 saturated heterocycles. The number of hydrogen-bond donors (Lipinski definition) is 2. The van der Waals surface area contributed by atoms with Crippen LogP contribution in [0.2, 0.25) is 0 Å². The molecule has 0 radical (unpaired) electrons. The second-order valence-electron chi connectivity index (χ2n) is 3.88. The summed E-state index contributed by atoms with van der Waals surface area (Å²) >= 11 is 0. The molecule has 0 saturated carbocycles. The minimum absolute atomic E-state index is 0.0542. The Morgan fingerprint density at radius 2 is 1.95 bits per heavy atom. The summed E-state index contributed by atoms with van der Waals surface area (Å²) in [5.41, 5.74) is -2.41.